The molecule has 7 rings (SSSR count). The Hall–Kier alpha value is -1.88. The molecule has 0 saturated carbocycles. The van der Waals surface area contributed by atoms with E-state index in [1.807, 2.05) is 0 Å². The summed E-state index contributed by atoms with van der Waals surface area (Å²) in [5, 5.41) is 0. The molecule has 0 aromatic carbocycles. The number of fused-ring (bicyclic) bond motifs is 10. The molecular weight excluding hydrogens is 440 g/mol. The van der Waals surface area contributed by atoms with Gasteiger partial charge in [-0.05, 0) is 25.7 Å². The van der Waals surface area contributed by atoms with Crippen LogP contribution < -0.4 is 0 Å². The van der Waals surface area contributed by atoms with Gasteiger partial charge in [-0.25, -0.2) is 0 Å². The summed E-state index contributed by atoms with van der Waals surface area (Å²) in [7, 11) is 0. The Morgan fingerprint density at radius 3 is 1.09 bits per heavy atom. The van der Waals surface area contributed by atoms with Crippen LogP contribution in [0.2, 0.25) is 0 Å². The first-order valence-electron chi connectivity index (χ1n) is 13.0. The molecule has 7 saturated heterocycles. The Morgan fingerprint density at radius 1 is 0.500 bits per heavy atom. The van der Waals surface area contributed by atoms with Crippen LogP contribution in [-0.2, 0) is 28.7 Å². The maximum Gasteiger partial charge on any atom is 0.235 e. The topological polar surface area (TPSA) is 99.7 Å². The van der Waals surface area contributed by atoms with Gasteiger partial charge < -0.3 is 9.47 Å². The molecule has 10 nitrogen and oxygen atoms in total. The fraction of sp³-hybridized carbons (Fsp3) is 0.833. The van der Waals surface area contributed by atoms with Gasteiger partial charge in [0.25, 0.3) is 0 Å². The molecule has 0 radical (unpaired) electrons. The second-order valence-electron chi connectivity index (χ2n) is 11.0. The molecule has 0 N–H and O–H groups in total. The molecule has 7 aliphatic rings. The van der Waals surface area contributed by atoms with Crippen LogP contribution in [0.25, 0.3) is 0 Å². The van der Waals surface area contributed by atoms with Crippen LogP contribution in [0, 0.1) is 23.7 Å². The predicted octanol–water partition coefficient (Wildman–Crippen LogP) is -1.07. The first-order valence-corrected chi connectivity index (χ1v) is 13.0. The molecule has 7 aliphatic heterocycles. The van der Waals surface area contributed by atoms with E-state index in [0.29, 0.717) is 26.2 Å². The van der Waals surface area contributed by atoms with Crippen molar-refractivity contribution in [3.63, 3.8) is 0 Å². The highest BCUT2D eigenvalue weighted by atomic mass is 16.5. The number of likely N-dealkylation sites (tertiary alicyclic amines) is 2. The standard InChI is InChI=1S/C24H32N4O6/c29-21-17-13-1-2-14(33-13)18(17)22(30)27(21)11-9-25-5-7-26(8-6-25)10-12-28-23(31)19-15-3-4-16(34-15)20(19)24(28)32/h13-20H,1-12H2/t13-,14-,15-,16-,17-,18+,19+,20+/m1/s1. The molecule has 0 spiro atoms. The van der Waals surface area contributed by atoms with E-state index in [1.54, 1.807) is 0 Å². The third-order valence-corrected chi connectivity index (χ3v) is 9.50. The molecule has 8 atom stereocenters. The highest BCUT2D eigenvalue weighted by molar-refractivity contribution is 6.07. The summed E-state index contributed by atoms with van der Waals surface area (Å²) in [6, 6.07) is 0. The second-order valence-corrected chi connectivity index (χ2v) is 11.0. The zero-order valence-corrected chi connectivity index (χ0v) is 19.3. The van der Waals surface area contributed by atoms with Crippen LogP contribution in [0.4, 0.5) is 0 Å². The maximum atomic E-state index is 12.8. The molecule has 0 aromatic heterocycles. The van der Waals surface area contributed by atoms with E-state index in [1.165, 1.54) is 9.80 Å². The van der Waals surface area contributed by atoms with Crippen LogP contribution >= 0.6 is 0 Å². The minimum Gasteiger partial charge on any atom is -0.373 e. The lowest BCUT2D eigenvalue weighted by Crippen LogP contribution is -2.51. The lowest BCUT2D eigenvalue weighted by atomic mass is 9.81. The van der Waals surface area contributed by atoms with Gasteiger partial charge in [0, 0.05) is 52.4 Å². The SMILES string of the molecule is O=C1[C@@H]2[C@@H](C(=O)N1CCN1CCN(CCN3C(=O)[C@@H]4[C@H](C3=O)[C@H]3CC[C@H]4O3)CC1)[C@H]1CC[C@H]2O1. The molecular formula is C24H32N4O6. The van der Waals surface area contributed by atoms with Gasteiger partial charge in [0.1, 0.15) is 0 Å². The van der Waals surface area contributed by atoms with Crippen molar-refractivity contribution in [3.8, 4) is 0 Å². The highest BCUT2D eigenvalue weighted by Crippen LogP contribution is 2.49. The quantitative estimate of drug-likeness (QED) is 0.451. The number of ether oxygens (including phenoxy) is 2. The van der Waals surface area contributed by atoms with Crippen LogP contribution in [0.5, 0.6) is 0 Å². The molecule has 0 aliphatic carbocycles. The number of amides is 4. The van der Waals surface area contributed by atoms with Crippen LogP contribution in [-0.4, -0.2) is 120 Å². The Morgan fingerprint density at radius 2 is 0.794 bits per heavy atom. The summed E-state index contributed by atoms with van der Waals surface area (Å²) in [5.74, 6) is -1.15. The first kappa shape index (κ1) is 21.4. The molecule has 10 heteroatoms. The molecule has 34 heavy (non-hydrogen) atoms. The van der Waals surface area contributed by atoms with Gasteiger partial charge in [0.05, 0.1) is 48.1 Å². The van der Waals surface area contributed by atoms with Crippen molar-refractivity contribution >= 4 is 23.6 Å². The van der Waals surface area contributed by atoms with Crippen molar-refractivity contribution in [1.82, 2.24) is 19.6 Å². The summed E-state index contributed by atoms with van der Waals surface area (Å²) in [6.07, 6.45) is 3.34. The number of hydrogen-bond donors (Lipinski definition) is 0. The van der Waals surface area contributed by atoms with Crippen molar-refractivity contribution in [2.24, 2.45) is 23.7 Å². The smallest absolute Gasteiger partial charge is 0.235 e. The van der Waals surface area contributed by atoms with Gasteiger partial charge in [-0.3, -0.25) is 38.8 Å². The summed E-state index contributed by atoms with van der Waals surface area (Å²) in [6.45, 7) is 5.69. The van der Waals surface area contributed by atoms with E-state index in [4.69, 9.17) is 9.47 Å². The van der Waals surface area contributed by atoms with E-state index in [9.17, 15) is 19.2 Å². The average molecular weight is 473 g/mol. The minimum absolute atomic E-state index is 0.0376. The van der Waals surface area contributed by atoms with Gasteiger partial charge in [0.2, 0.25) is 23.6 Å². The normalized spacial score (nSPS) is 43.6. The van der Waals surface area contributed by atoms with Gasteiger partial charge in [-0.1, -0.05) is 0 Å². The predicted molar refractivity (Wildman–Crippen MR) is 116 cm³/mol. The number of imide groups is 2. The van der Waals surface area contributed by atoms with Crippen molar-refractivity contribution < 1.29 is 28.7 Å². The number of carbonyl (C=O) groups excluding carboxylic acids is 4. The van der Waals surface area contributed by atoms with E-state index in [2.05, 4.69) is 9.80 Å². The number of carbonyl (C=O) groups is 4. The third kappa shape index (κ3) is 3.01. The second kappa shape index (κ2) is 7.81. The molecule has 0 aromatic rings. The van der Waals surface area contributed by atoms with Crippen molar-refractivity contribution in [2.75, 3.05) is 52.4 Å². The van der Waals surface area contributed by atoms with E-state index >= 15 is 0 Å². The van der Waals surface area contributed by atoms with Crippen LogP contribution in [0.3, 0.4) is 0 Å². The Balaban J connectivity index is 0.876. The molecule has 184 valence electrons. The fourth-order valence-corrected chi connectivity index (χ4v) is 7.71. The number of nitrogens with zero attached hydrogens (tertiary/aromatic N) is 4. The van der Waals surface area contributed by atoms with Gasteiger partial charge in [0.15, 0.2) is 0 Å². The van der Waals surface area contributed by atoms with E-state index < -0.39 is 0 Å². The fourth-order valence-electron chi connectivity index (χ4n) is 7.71. The maximum absolute atomic E-state index is 12.8. The number of piperazine rings is 1. The monoisotopic (exact) mass is 472 g/mol. The third-order valence-electron chi connectivity index (χ3n) is 9.50. The lowest BCUT2D eigenvalue weighted by molar-refractivity contribution is -0.144. The summed E-state index contributed by atoms with van der Waals surface area (Å²) < 4.78 is 11.6. The molecule has 0 unspecified atom stereocenters. The first-order chi connectivity index (χ1) is 16.5. The Labute approximate surface area is 198 Å². The van der Waals surface area contributed by atoms with Crippen molar-refractivity contribution in [3.05, 3.63) is 0 Å². The van der Waals surface area contributed by atoms with Gasteiger partial charge in [-0.2, -0.15) is 0 Å². The lowest BCUT2D eigenvalue weighted by Gasteiger charge is -2.35. The summed E-state index contributed by atoms with van der Waals surface area (Å²) in [4.78, 5) is 58.8. The van der Waals surface area contributed by atoms with Gasteiger partial charge in [-0.15, -0.1) is 0 Å². The van der Waals surface area contributed by atoms with Crippen molar-refractivity contribution in [1.29, 1.82) is 0 Å². The van der Waals surface area contributed by atoms with Gasteiger partial charge >= 0.3 is 0 Å². The molecule has 4 bridgehead atoms. The Bertz CT molecular complexity index is 804. The van der Waals surface area contributed by atoms with Crippen molar-refractivity contribution in [2.45, 2.75) is 50.1 Å². The molecule has 4 amide bonds. The van der Waals surface area contributed by atoms with E-state index in [-0.39, 0.29) is 71.7 Å². The summed E-state index contributed by atoms with van der Waals surface area (Å²) >= 11 is 0. The minimum atomic E-state index is -0.250. The largest absolute Gasteiger partial charge is 0.373 e. The number of rotatable bonds is 6. The highest BCUT2D eigenvalue weighted by Gasteiger charge is 2.63. The Kier molecular flexibility index (Phi) is 4.92. The van der Waals surface area contributed by atoms with Crippen LogP contribution in [0.15, 0.2) is 0 Å². The van der Waals surface area contributed by atoms with E-state index in [0.717, 1.165) is 51.9 Å². The number of hydrogen-bond acceptors (Lipinski definition) is 8. The zero-order valence-electron chi connectivity index (χ0n) is 19.3. The zero-order chi connectivity index (χ0) is 23.1. The summed E-state index contributed by atoms with van der Waals surface area (Å²) in [5.41, 5.74) is 0. The molecule has 7 fully saturated rings. The van der Waals surface area contributed by atoms with Crippen LogP contribution in [0.1, 0.15) is 25.7 Å². The average Bonchev–Trinajstić information content (AvgIpc) is 3.67. The molecule has 7 heterocycles.